The van der Waals surface area contributed by atoms with Gasteiger partial charge in [0.1, 0.15) is 6.61 Å². The quantitative estimate of drug-likeness (QED) is 0.660. The van der Waals surface area contributed by atoms with Crippen LogP contribution in [0, 0.1) is 5.41 Å². The predicted octanol–water partition coefficient (Wildman–Crippen LogP) is 2.98. The Kier molecular flexibility index (Phi) is 6.99. The molecule has 0 aliphatic rings. The van der Waals surface area contributed by atoms with Crippen molar-refractivity contribution in [1.29, 1.82) is 0 Å². The van der Waals surface area contributed by atoms with Gasteiger partial charge in [-0.05, 0) is 19.4 Å². The zero-order valence-corrected chi connectivity index (χ0v) is 10.3. The van der Waals surface area contributed by atoms with Gasteiger partial charge in [-0.1, -0.05) is 20.8 Å². The average Bonchev–Trinajstić information content (AvgIpc) is 2.16. The molecule has 0 spiro atoms. The third kappa shape index (κ3) is 7.93. The van der Waals surface area contributed by atoms with Crippen LogP contribution < -0.4 is 5.32 Å². The molecular formula is C11H22F3NO. The van der Waals surface area contributed by atoms with E-state index in [4.69, 9.17) is 4.74 Å². The third-order valence-electron chi connectivity index (χ3n) is 2.55. The Morgan fingerprint density at radius 1 is 1.12 bits per heavy atom. The number of hydrogen-bond acceptors (Lipinski definition) is 2. The van der Waals surface area contributed by atoms with E-state index in [-0.39, 0.29) is 12.0 Å². The summed E-state index contributed by atoms with van der Waals surface area (Å²) in [4.78, 5) is 0. The highest BCUT2D eigenvalue weighted by molar-refractivity contribution is 4.75. The summed E-state index contributed by atoms with van der Waals surface area (Å²) >= 11 is 0. The fourth-order valence-electron chi connectivity index (χ4n) is 1.26. The van der Waals surface area contributed by atoms with Crippen LogP contribution in [0.5, 0.6) is 0 Å². The van der Waals surface area contributed by atoms with Crippen molar-refractivity contribution in [1.82, 2.24) is 5.32 Å². The topological polar surface area (TPSA) is 21.3 Å². The van der Waals surface area contributed by atoms with Crippen LogP contribution in [-0.2, 0) is 4.74 Å². The minimum Gasteiger partial charge on any atom is -0.371 e. The summed E-state index contributed by atoms with van der Waals surface area (Å²) in [5, 5.41) is 3.21. The molecule has 0 bridgehead atoms. The molecule has 0 aliphatic heterocycles. The number of nitrogens with one attached hydrogen (secondary N) is 1. The molecule has 98 valence electrons. The molecule has 1 unspecified atom stereocenters. The van der Waals surface area contributed by atoms with Crippen molar-refractivity contribution in [2.45, 2.75) is 39.8 Å². The Morgan fingerprint density at radius 3 is 2.19 bits per heavy atom. The van der Waals surface area contributed by atoms with E-state index >= 15 is 0 Å². The molecule has 0 aromatic carbocycles. The SMILES string of the molecule is CCCNCC(C)(CC)COCC(F)(F)F. The first-order valence-electron chi connectivity index (χ1n) is 5.68. The summed E-state index contributed by atoms with van der Waals surface area (Å²) in [6.07, 6.45) is -2.42. The third-order valence-corrected chi connectivity index (χ3v) is 2.55. The summed E-state index contributed by atoms with van der Waals surface area (Å²) < 4.78 is 40.4. The fourth-order valence-corrected chi connectivity index (χ4v) is 1.26. The molecular weight excluding hydrogens is 219 g/mol. The molecule has 0 heterocycles. The Labute approximate surface area is 95.5 Å². The van der Waals surface area contributed by atoms with Gasteiger partial charge in [0.2, 0.25) is 0 Å². The number of rotatable bonds is 8. The molecule has 0 radical (unpaired) electrons. The first kappa shape index (κ1) is 15.7. The van der Waals surface area contributed by atoms with Crippen LogP contribution in [-0.4, -0.2) is 32.5 Å². The monoisotopic (exact) mass is 241 g/mol. The lowest BCUT2D eigenvalue weighted by atomic mass is 9.88. The van der Waals surface area contributed by atoms with Crippen molar-refractivity contribution >= 4 is 0 Å². The van der Waals surface area contributed by atoms with Crippen LogP contribution in [0.25, 0.3) is 0 Å². The van der Waals surface area contributed by atoms with Crippen LogP contribution >= 0.6 is 0 Å². The van der Waals surface area contributed by atoms with E-state index in [2.05, 4.69) is 12.2 Å². The van der Waals surface area contributed by atoms with Gasteiger partial charge in [-0.2, -0.15) is 13.2 Å². The van der Waals surface area contributed by atoms with Crippen LogP contribution in [0.3, 0.4) is 0 Å². The van der Waals surface area contributed by atoms with Crippen molar-refractivity contribution in [2.75, 3.05) is 26.3 Å². The molecule has 0 rings (SSSR count). The van der Waals surface area contributed by atoms with Gasteiger partial charge in [0.25, 0.3) is 0 Å². The molecule has 0 saturated carbocycles. The minimum atomic E-state index is -4.23. The second-order valence-electron chi connectivity index (χ2n) is 4.45. The molecule has 0 amide bonds. The highest BCUT2D eigenvalue weighted by Gasteiger charge is 2.30. The molecule has 1 atom stereocenters. The zero-order chi connectivity index (χ0) is 12.7. The summed E-state index contributed by atoms with van der Waals surface area (Å²) in [5.74, 6) is 0. The van der Waals surface area contributed by atoms with Crippen molar-refractivity contribution < 1.29 is 17.9 Å². The normalized spacial score (nSPS) is 16.1. The molecule has 0 aliphatic carbocycles. The Hall–Kier alpha value is -0.290. The van der Waals surface area contributed by atoms with Gasteiger partial charge >= 0.3 is 6.18 Å². The molecule has 1 N–H and O–H groups in total. The van der Waals surface area contributed by atoms with Crippen molar-refractivity contribution in [3.8, 4) is 0 Å². The van der Waals surface area contributed by atoms with Gasteiger partial charge in [0.15, 0.2) is 0 Å². The summed E-state index contributed by atoms with van der Waals surface area (Å²) in [6.45, 7) is 6.51. The fraction of sp³-hybridized carbons (Fsp3) is 1.00. The molecule has 5 heteroatoms. The van der Waals surface area contributed by atoms with E-state index < -0.39 is 12.8 Å². The first-order valence-corrected chi connectivity index (χ1v) is 5.68. The van der Waals surface area contributed by atoms with Gasteiger partial charge in [-0.25, -0.2) is 0 Å². The zero-order valence-electron chi connectivity index (χ0n) is 10.3. The molecule has 0 saturated heterocycles. The molecule has 0 aromatic rings. The second kappa shape index (κ2) is 7.12. The molecule has 2 nitrogen and oxygen atoms in total. The maximum absolute atomic E-state index is 11.9. The molecule has 0 fully saturated rings. The molecule has 16 heavy (non-hydrogen) atoms. The largest absolute Gasteiger partial charge is 0.411 e. The lowest BCUT2D eigenvalue weighted by Gasteiger charge is -2.28. The molecule has 0 aromatic heterocycles. The highest BCUT2D eigenvalue weighted by Crippen LogP contribution is 2.22. The van der Waals surface area contributed by atoms with Gasteiger partial charge in [0.05, 0.1) is 6.61 Å². The van der Waals surface area contributed by atoms with Crippen LogP contribution in [0.1, 0.15) is 33.6 Å². The number of hydrogen-bond donors (Lipinski definition) is 1. The smallest absolute Gasteiger partial charge is 0.371 e. The van der Waals surface area contributed by atoms with Gasteiger partial charge < -0.3 is 10.1 Å². The highest BCUT2D eigenvalue weighted by atomic mass is 19.4. The Bertz CT molecular complexity index is 185. The lowest BCUT2D eigenvalue weighted by Crippen LogP contribution is -2.36. The maximum Gasteiger partial charge on any atom is 0.411 e. The standard InChI is InChI=1S/C11H22F3NO/c1-4-6-15-7-10(3,5-2)8-16-9-11(12,13)14/h15H,4-9H2,1-3H3. The van der Waals surface area contributed by atoms with Crippen molar-refractivity contribution in [3.63, 3.8) is 0 Å². The van der Waals surface area contributed by atoms with Crippen LogP contribution in [0.2, 0.25) is 0 Å². The van der Waals surface area contributed by atoms with E-state index in [1.54, 1.807) is 0 Å². The van der Waals surface area contributed by atoms with E-state index in [0.29, 0.717) is 6.54 Å². The Balaban J connectivity index is 3.87. The lowest BCUT2D eigenvalue weighted by molar-refractivity contribution is -0.180. The minimum absolute atomic E-state index is 0.139. The number of halogens is 3. The number of ether oxygens (including phenoxy) is 1. The van der Waals surface area contributed by atoms with E-state index in [0.717, 1.165) is 19.4 Å². The maximum atomic E-state index is 11.9. The number of alkyl halides is 3. The van der Waals surface area contributed by atoms with Crippen molar-refractivity contribution in [3.05, 3.63) is 0 Å². The first-order chi connectivity index (χ1) is 7.33. The van der Waals surface area contributed by atoms with E-state index in [9.17, 15) is 13.2 Å². The van der Waals surface area contributed by atoms with Gasteiger partial charge in [-0.3, -0.25) is 0 Å². The van der Waals surface area contributed by atoms with Crippen molar-refractivity contribution in [2.24, 2.45) is 5.41 Å². The summed E-state index contributed by atoms with van der Waals surface area (Å²) in [6, 6.07) is 0. The van der Waals surface area contributed by atoms with Crippen LogP contribution in [0.15, 0.2) is 0 Å². The van der Waals surface area contributed by atoms with E-state index in [1.807, 2.05) is 13.8 Å². The van der Waals surface area contributed by atoms with Gasteiger partial charge in [-0.15, -0.1) is 0 Å². The van der Waals surface area contributed by atoms with Gasteiger partial charge in [0, 0.05) is 12.0 Å². The Morgan fingerprint density at radius 2 is 1.75 bits per heavy atom. The van der Waals surface area contributed by atoms with Crippen LogP contribution in [0.4, 0.5) is 13.2 Å². The second-order valence-corrected chi connectivity index (χ2v) is 4.45. The predicted molar refractivity (Wildman–Crippen MR) is 58.4 cm³/mol. The average molecular weight is 241 g/mol. The summed E-state index contributed by atoms with van der Waals surface area (Å²) in [5.41, 5.74) is -0.222. The van der Waals surface area contributed by atoms with E-state index in [1.165, 1.54) is 0 Å². The summed E-state index contributed by atoms with van der Waals surface area (Å²) in [7, 11) is 0.